The van der Waals surface area contributed by atoms with Gasteiger partial charge in [0.25, 0.3) is 0 Å². The summed E-state index contributed by atoms with van der Waals surface area (Å²) in [5, 5.41) is 0. The van der Waals surface area contributed by atoms with E-state index in [4.69, 9.17) is 0 Å². The highest BCUT2D eigenvalue weighted by Gasteiger charge is 2.64. The van der Waals surface area contributed by atoms with Crippen LogP contribution in [0, 0.1) is 23.7 Å². The molecule has 0 unspecified atom stereocenters. The van der Waals surface area contributed by atoms with E-state index in [0.717, 1.165) is 32.1 Å². The molecule has 0 saturated heterocycles. The number of hydrogen-bond donors (Lipinski definition) is 0. The third-order valence-electron chi connectivity index (χ3n) is 6.83. The molecule has 0 aromatic rings. The highest BCUT2D eigenvalue weighted by molar-refractivity contribution is 4.97. The molecular formula is C21H36F4. The fraction of sp³-hybridized carbons (Fsp3) is 1.00. The average molecular weight is 365 g/mol. The molecule has 0 radical (unpaired) electrons. The monoisotopic (exact) mass is 364 g/mol. The van der Waals surface area contributed by atoms with Crippen LogP contribution in [0.15, 0.2) is 0 Å². The van der Waals surface area contributed by atoms with Gasteiger partial charge in [-0.3, -0.25) is 0 Å². The first kappa shape index (κ1) is 21.0. The van der Waals surface area contributed by atoms with Crippen molar-refractivity contribution in [1.29, 1.82) is 0 Å². The topological polar surface area (TPSA) is 0 Å². The van der Waals surface area contributed by atoms with Crippen molar-refractivity contribution in [1.82, 2.24) is 0 Å². The maximum absolute atomic E-state index is 14.7. The molecule has 0 N–H and O–H groups in total. The number of unbranched alkanes of at least 4 members (excludes halogenated alkanes) is 1. The smallest absolute Gasteiger partial charge is 0.200 e. The molecule has 0 spiro atoms. The minimum absolute atomic E-state index is 0.263. The third kappa shape index (κ3) is 4.91. The molecule has 0 aromatic carbocycles. The Balaban J connectivity index is 1.91. The predicted molar refractivity (Wildman–Crippen MR) is 95.2 cm³/mol. The van der Waals surface area contributed by atoms with Crippen LogP contribution in [0.5, 0.6) is 0 Å². The average Bonchev–Trinajstić information content (AvgIpc) is 2.61. The Hall–Kier alpha value is -0.280. The van der Waals surface area contributed by atoms with E-state index < -0.39 is 23.7 Å². The Labute approximate surface area is 151 Å². The van der Waals surface area contributed by atoms with E-state index in [1.807, 2.05) is 0 Å². The van der Waals surface area contributed by atoms with Crippen molar-refractivity contribution >= 4 is 0 Å². The van der Waals surface area contributed by atoms with Gasteiger partial charge in [-0.05, 0) is 63.2 Å². The van der Waals surface area contributed by atoms with Crippen LogP contribution in [0.4, 0.5) is 17.6 Å². The van der Waals surface area contributed by atoms with Gasteiger partial charge in [0.15, 0.2) is 0 Å². The lowest BCUT2D eigenvalue weighted by Gasteiger charge is -2.42. The van der Waals surface area contributed by atoms with Crippen LogP contribution in [-0.2, 0) is 0 Å². The summed E-state index contributed by atoms with van der Waals surface area (Å²) in [6.07, 6.45) is 9.19. The summed E-state index contributed by atoms with van der Waals surface area (Å²) < 4.78 is 59.0. The number of rotatable bonds is 8. The first-order valence-corrected chi connectivity index (χ1v) is 10.6. The Bertz CT molecular complexity index is 377. The molecule has 0 heterocycles. The van der Waals surface area contributed by atoms with Crippen molar-refractivity contribution < 1.29 is 17.6 Å². The standard InChI is InChI=1S/C21H36F4/c1-3-5-7-17-10-14-19(15-11-17)21(24,25)20(22,23)18-12-8-16(6-4-2)9-13-18/h16-19H,3-15H2,1-2H3. The molecule has 2 saturated carbocycles. The summed E-state index contributed by atoms with van der Waals surface area (Å²) in [5.74, 6) is -9.03. The quantitative estimate of drug-likeness (QED) is 0.384. The molecular weight excluding hydrogens is 328 g/mol. The summed E-state index contributed by atoms with van der Waals surface area (Å²) in [5.41, 5.74) is 0. The SMILES string of the molecule is CCCCC1CCC(C(F)(F)C(F)(F)C2CCC(CCC)CC2)CC1. The minimum Gasteiger partial charge on any atom is -0.200 e. The van der Waals surface area contributed by atoms with Crippen molar-refractivity contribution in [2.45, 2.75) is 109 Å². The van der Waals surface area contributed by atoms with Gasteiger partial charge in [-0.15, -0.1) is 0 Å². The molecule has 2 aliphatic carbocycles. The highest BCUT2D eigenvalue weighted by Crippen LogP contribution is 2.53. The van der Waals surface area contributed by atoms with Crippen LogP contribution in [0.3, 0.4) is 0 Å². The Morgan fingerprint density at radius 3 is 1.36 bits per heavy atom. The maximum Gasteiger partial charge on any atom is 0.313 e. The highest BCUT2D eigenvalue weighted by atomic mass is 19.3. The second-order valence-corrected chi connectivity index (χ2v) is 8.61. The molecule has 0 amide bonds. The van der Waals surface area contributed by atoms with Crippen LogP contribution < -0.4 is 0 Å². The fourth-order valence-electron chi connectivity index (χ4n) is 5.07. The molecule has 2 fully saturated rings. The van der Waals surface area contributed by atoms with E-state index in [-0.39, 0.29) is 25.7 Å². The molecule has 0 aromatic heterocycles. The van der Waals surface area contributed by atoms with E-state index >= 15 is 0 Å². The molecule has 0 nitrogen and oxygen atoms in total. The Morgan fingerprint density at radius 2 is 1.00 bits per heavy atom. The normalized spacial score (nSPS) is 31.9. The van der Waals surface area contributed by atoms with Crippen molar-refractivity contribution in [3.8, 4) is 0 Å². The number of alkyl halides is 4. The van der Waals surface area contributed by atoms with Crippen molar-refractivity contribution in [2.24, 2.45) is 23.7 Å². The first-order valence-electron chi connectivity index (χ1n) is 10.6. The van der Waals surface area contributed by atoms with E-state index in [9.17, 15) is 17.6 Å². The summed E-state index contributed by atoms with van der Waals surface area (Å²) in [4.78, 5) is 0. The van der Waals surface area contributed by atoms with Crippen LogP contribution in [0.1, 0.15) is 97.3 Å². The lowest BCUT2D eigenvalue weighted by atomic mass is 9.71. The lowest BCUT2D eigenvalue weighted by Crippen LogP contribution is -2.52. The molecule has 0 atom stereocenters. The number of halogens is 4. The maximum atomic E-state index is 14.7. The van der Waals surface area contributed by atoms with Gasteiger partial charge in [0, 0.05) is 11.8 Å². The second-order valence-electron chi connectivity index (χ2n) is 8.61. The molecule has 0 aliphatic heterocycles. The second kappa shape index (κ2) is 9.08. The summed E-state index contributed by atoms with van der Waals surface area (Å²) in [6.45, 7) is 4.21. The van der Waals surface area contributed by atoms with Gasteiger partial charge in [0.2, 0.25) is 0 Å². The van der Waals surface area contributed by atoms with Gasteiger partial charge in [-0.1, -0.05) is 46.0 Å². The van der Waals surface area contributed by atoms with Gasteiger partial charge < -0.3 is 0 Å². The van der Waals surface area contributed by atoms with Gasteiger partial charge >= 0.3 is 11.8 Å². The van der Waals surface area contributed by atoms with E-state index in [0.29, 0.717) is 37.5 Å². The lowest BCUT2D eigenvalue weighted by molar-refractivity contribution is -0.270. The van der Waals surface area contributed by atoms with Gasteiger partial charge in [-0.25, -0.2) is 0 Å². The summed E-state index contributed by atoms with van der Waals surface area (Å²) in [7, 11) is 0. The fourth-order valence-corrected chi connectivity index (χ4v) is 5.07. The molecule has 4 heteroatoms. The predicted octanol–water partition coefficient (Wildman–Crippen LogP) is 7.86. The zero-order valence-corrected chi connectivity index (χ0v) is 16.0. The zero-order chi connectivity index (χ0) is 18.5. The van der Waals surface area contributed by atoms with Gasteiger partial charge in [0.1, 0.15) is 0 Å². The van der Waals surface area contributed by atoms with Crippen LogP contribution in [0.2, 0.25) is 0 Å². The van der Waals surface area contributed by atoms with Crippen molar-refractivity contribution in [2.75, 3.05) is 0 Å². The van der Waals surface area contributed by atoms with E-state index in [1.165, 1.54) is 0 Å². The van der Waals surface area contributed by atoms with Crippen LogP contribution in [0.25, 0.3) is 0 Å². The minimum atomic E-state index is -3.84. The third-order valence-corrected chi connectivity index (χ3v) is 6.83. The molecule has 2 rings (SSSR count). The largest absolute Gasteiger partial charge is 0.313 e. The summed E-state index contributed by atoms with van der Waals surface area (Å²) in [6, 6.07) is 0. The zero-order valence-electron chi connectivity index (χ0n) is 16.0. The summed E-state index contributed by atoms with van der Waals surface area (Å²) >= 11 is 0. The van der Waals surface area contributed by atoms with Crippen LogP contribution >= 0.6 is 0 Å². The van der Waals surface area contributed by atoms with Gasteiger partial charge in [-0.2, -0.15) is 17.6 Å². The van der Waals surface area contributed by atoms with E-state index in [1.54, 1.807) is 0 Å². The molecule has 148 valence electrons. The number of hydrogen-bond acceptors (Lipinski definition) is 0. The molecule has 0 bridgehead atoms. The van der Waals surface area contributed by atoms with Gasteiger partial charge in [0.05, 0.1) is 0 Å². The Morgan fingerprint density at radius 1 is 0.600 bits per heavy atom. The molecule has 2 aliphatic rings. The van der Waals surface area contributed by atoms with Crippen LogP contribution in [-0.4, -0.2) is 11.8 Å². The Kier molecular flexibility index (Phi) is 7.64. The first-order chi connectivity index (χ1) is 11.8. The van der Waals surface area contributed by atoms with E-state index in [2.05, 4.69) is 13.8 Å². The molecule has 25 heavy (non-hydrogen) atoms. The van der Waals surface area contributed by atoms with Crippen molar-refractivity contribution in [3.05, 3.63) is 0 Å². The van der Waals surface area contributed by atoms with Crippen molar-refractivity contribution in [3.63, 3.8) is 0 Å².